The van der Waals surface area contributed by atoms with Crippen LogP contribution in [0.3, 0.4) is 0 Å². The number of anilines is 1. The fourth-order valence-electron chi connectivity index (χ4n) is 1.53. The van der Waals surface area contributed by atoms with Crippen LogP contribution in [0.5, 0.6) is 0 Å². The van der Waals surface area contributed by atoms with Crippen molar-refractivity contribution in [2.24, 2.45) is 7.05 Å². The van der Waals surface area contributed by atoms with Gasteiger partial charge in [0, 0.05) is 12.6 Å². The zero-order chi connectivity index (χ0) is 11.7. The molecule has 0 saturated carbocycles. The molecule has 5 nitrogen and oxygen atoms in total. The van der Waals surface area contributed by atoms with Gasteiger partial charge in [0.05, 0.1) is 24.7 Å². The number of ether oxygens (including phenoxy) is 1. The fraction of sp³-hybridized carbons (Fsp3) is 0.200. The van der Waals surface area contributed by atoms with Crippen LogP contribution in [0.1, 0.15) is 9.67 Å². The summed E-state index contributed by atoms with van der Waals surface area (Å²) >= 11 is 1.33. The molecule has 2 heterocycles. The number of hydrogen-bond acceptors (Lipinski definition) is 5. The third-order valence-electron chi connectivity index (χ3n) is 2.26. The van der Waals surface area contributed by atoms with Crippen molar-refractivity contribution in [2.75, 3.05) is 12.8 Å². The Hall–Kier alpha value is -1.82. The van der Waals surface area contributed by atoms with Gasteiger partial charge in [-0.1, -0.05) is 0 Å². The molecule has 0 aromatic carbocycles. The number of nitrogens with zero attached hydrogens (tertiary/aromatic N) is 2. The molecule has 6 heteroatoms. The van der Waals surface area contributed by atoms with Gasteiger partial charge in [0.2, 0.25) is 0 Å². The van der Waals surface area contributed by atoms with Gasteiger partial charge in [-0.2, -0.15) is 5.10 Å². The minimum absolute atomic E-state index is 0.356. The minimum atomic E-state index is -0.356. The Morgan fingerprint density at radius 1 is 1.62 bits per heavy atom. The average molecular weight is 237 g/mol. The van der Waals surface area contributed by atoms with E-state index in [2.05, 4.69) is 5.10 Å². The molecule has 0 aliphatic heterocycles. The first kappa shape index (κ1) is 10.7. The Bertz CT molecular complexity index is 510. The molecule has 0 fully saturated rings. The highest BCUT2D eigenvalue weighted by atomic mass is 32.1. The highest BCUT2D eigenvalue weighted by Crippen LogP contribution is 2.32. The van der Waals surface area contributed by atoms with Gasteiger partial charge in [-0.25, -0.2) is 4.79 Å². The Kier molecular flexibility index (Phi) is 2.66. The van der Waals surface area contributed by atoms with Crippen molar-refractivity contribution in [3.8, 4) is 11.3 Å². The van der Waals surface area contributed by atoms with Gasteiger partial charge >= 0.3 is 5.97 Å². The molecule has 0 aliphatic carbocycles. The van der Waals surface area contributed by atoms with E-state index in [1.54, 1.807) is 17.9 Å². The number of rotatable bonds is 2. The lowest BCUT2D eigenvalue weighted by Crippen LogP contribution is -2.03. The Labute approximate surface area is 96.4 Å². The average Bonchev–Trinajstić information content (AvgIpc) is 2.84. The summed E-state index contributed by atoms with van der Waals surface area (Å²) in [6.45, 7) is 0. The number of aryl methyl sites for hydroxylation is 1. The number of thiophene rings is 1. The summed E-state index contributed by atoms with van der Waals surface area (Å²) < 4.78 is 6.36. The van der Waals surface area contributed by atoms with Crippen molar-refractivity contribution < 1.29 is 9.53 Å². The van der Waals surface area contributed by atoms with Crippen LogP contribution in [-0.4, -0.2) is 22.9 Å². The quantitative estimate of drug-likeness (QED) is 0.804. The predicted molar refractivity (Wildman–Crippen MR) is 62.3 cm³/mol. The molecule has 2 aromatic heterocycles. The summed E-state index contributed by atoms with van der Waals surface area (Å²) in [6, 6.07) is 1.84. The second-order valence-electron chi connectivity index (χ2n) is 3.23. The van der Waals surface area contributed by atoms with Crippen molar-refractivity contribution in [3.05, 3.63) is 22.5 Å². The summed E-state index contributed by atoms with van der Waals surface area (Å²) in [6.07, 6.45) is 1.56. The largest absolute Gasteiger partial charge is 0.465 e. The van der Waals surface area contributed by atoms with Crippen molar-refractivity contribution in [1.29, 1.82) is 0 Å². The van der Waals surface area contributed by atoms with E-state index < -0.39 is 0 Å². The first-order valence-electron chi connectivity index (χ1n) is 4.58. The molecule has 2 rings (SSSR count). The highest BCUT2D eigenvalue weighted by molar-refractivity contribution is 7.12. The Balaban J connectivity index is 2.57. The van der Waals surface area contributed by atoms with Crippen LogP contribution in [-0.2, 0) is 11.8 Å². The Morgan fingerprint density at radius 2 is 2.38 bits per heavy atom. The maximum Gasteiger partial charge on any atom is 0.348 e. The summed E-state index contributed by atoms with van der Waals surface area (Å²) in [7, 11) is 3.14. The standard InChI is InChI=1S/C10H11N3O2S/c1-13-8(7(11)5-12-13)6-3-4-16-9(6)10(14)15-2/h3-5H,11H2,1-2H3. The van der Waals surface area contributed by atoms with E-state index in [-0.39, 0.29) is 5.97 Å². The summed E-state index contributed by atoms with van der Waals surface area (Å²) in [5.74, 6) is -0.356. The third-order valence-corrected chi connectivity index (χ3v) is 3.15. The van der Waals surface area contributed by atoms with Crippen LogP contribution in [0.2, 0.25) is 0 Å². The monoisotopic (exact) mass is 237 g/mol. The number of nitrogen functional groups attached to an aromatic ring is 1. The van der Waals surface area contributed by atoms with E-state index in [1.165, 1.54) is 18.4 Å². The van der Waals surface area contributed by atoms with Gasteiger partial charge in [0.25, 0.3) is 0 Å². The van der Waals surface area contributed by atoms with E-state index in [0.717, 1.165) is 11.3 Å². The van der Waals surface area contributed by atoms with Gasteiger partial charge in [0.15, 0.2) is 0 Å². The van der Waals surface area contributed by atoms with Crippen LogP contribution in [0.4, 0.5) is 5.69 Å². The van der Waals surface area contributed by atoms with Crippen LogP contribution < -0.4 is 5.73 Å². The van der Waals surface area contributed by atoms with E-state index in [9.17, 15) is 4.79 Å². The van der Waals surface area contributed by atoms with Crippen molar-refractivity contribution in [1.82, 2.24) is 9.78 Å². The first-order chi connectivity index (χ1) is 7.65. The maximum atomic E-state index is 11.5. The first-order valence-corrected chi connectivity index (χ1v) is 5.46. The number of carbonyl (C=O) groups excluding carboxylic acids is 1. The zero-order valence-corrected chi connectivity index (χ0v) is 9.75. The molecule has 2 N–H and O–H groups in total. The summed E-state index contributed by atoms with van der Waals surface area (Å²) in [5, 5.41) is 5.87. The fourth-order valence-corrected chi connectivity index (χ4v) is 2.34. The van der Waals surface area contributed by atoms with E-state index in [1.807, 2.05) is 11.4 Å². The highest BCUT2D eigenvalue weighted by Gasteiger charge is 2.19. The van der Waals surface area contributed by atoms with Crippen LogP contribution >= 0.6 is 11.3 Å². The number of hydrogen-bond donors (Lipinski definition) is 1. The SMILES string of the molecule is COC(=O)c1sccc1-c1c(N)cnn1C. The lowest BCUT2D eigenvalue weighted by atomic mass is 10.1. The van der Waals surface area contributed by atoms with Crippen molar-refractivity contribution in [3.63, 3.8) is 0 Å². The van der Waals surface area contributed by atoms with E-state index in [0.29, 0.717) is 10.6 Å². The van der Waals surface area contributed by atoms with Gasteiger partial charge < -0.3 is 10.5 Å². The maximum absolute atomic E-state index is 11.5. The molecule has 16 heavy (non-hydrogen) atoms. The van der Waals surface area contributed by atoms with Gasteiger partial charge in [0.1, 0.15) is 4.88 Å². The smallest absolute Gasteiger partial charge is 0.348 e. The molecular weight excluding hydrogens is 226 g/mol. The molecule has 0 spiro atoms. The topological polar surface area (TPSA) is 70.1 Å². The Morgan fingerprint density at radius 3 is 2.94 bits per heavy atom. The summed E-state index contributed by atoms with van der Waals surface area (Å²) in [4.78, 5) is 12.1. The molecule has 0 bridgehead atoms. The van der Waals surface area contributed by atoms with Crippen molar-refractivity contribution in [2.45, 2.75) is 0 Å². The lowest BCUT2D eigenvalue weighted by Gasteiger charge is -2.04. The van der Waals surface area contributed by atoms with Gasteiger partial charge in [-0.15, -0.1) is 11.3 Å². The number of carbonyl (C=O) groups is 1. The number of nitrogens with two attached hydrogens (primary N) is 1. The molecular formula is C10H11N3O2S. The second kappa shape index (κ2) is 3.97. The molecule has 0 saturated heterocycles. The molecule has 0 aliphatic rings. The van der Waals surface area contributed by atoms with Crippen LogP contribution in [0.15, 0.2) is 17.6 Å². The number of esters is 1. The second-order valence-corrected chi connectivity index (χ2v) is 4.14. The molecule has 0 radical (unpaired) electrons. The van der Waals surface area contributed by atoms with Crippen molar-refractivity contribution >= 4 is 23.0 Å². The number of methoxy groups -OCH3 is 1. The molecule has 0 amide bonds. The molecule has 2 aromatic rings. The van der Waals surface area contributed by atoms with Crippen LogP contribution in [0, 0.1) is 0 Å². The van der Waals surface area contributed by atoms with Crippen LogP contribution in [0.25, 0.3) is 11.3 Å². The van der Waals surface area contributed by atoms with Gasteiger partial charge in [-0.05, 0) is 11.4 Å². The number of aromatic nitrogens is 2. The molecule has 84 valence electrons. The van der Waals surface area contributed by atoms with E-state index in [4.69, 9.17) is 10.5 Å². The van der Waals surface area contributed by atoms with E-state index >= 15 is 0 Å². The molecule has 0 unspecified atom stereocenters. The van der Waals surface area contributed by atoms with Gasteiger partial charge in [-0.3, -0.25) is 4.68 Å². The lowest BCUT2D eigenvalue weighted by molar-refractivity contribution is 0.0607. The zero-order valence-electron chi connectivity index (χ0n) is 8.93. The summed E-state index contributed by atoms with van der Waals surface area (Å²) in [5.41, 5.74) is 7.86. The molecule has 0 atom stereocenters. The normalized spacial score (nSPS) is 10.4. The third kappa shape index (κ3) is 1.57. The predicted octanol–water partition coefficient (Wildman–Crippen LogP) is 1.52. The minimum Gasteiger partial charge on any atom is -0.465 e.